The van der Waals surface area contributed by atoms with Crippen LogP contribution in [0.4, 0.5) is 11.4 Å². The van der Waals surface area contributed by atoms with Crippen molar-refractivity contribution in [2.24, 2.45) is 5.73 Å². The van der Waals surface area contributed by atoms with Gasteiger partial charge < -0.3 is 21.1 Å². The van der Waals surface area contributed by atoms with Crippen molar-refractivity contribution in [1.29, 1.82) is 0 Å². The average Bonchev–Trinajstić information content (AvgIpc) is 2.85. The SMILES string of the molecule is COCC(N)C(=O)Nc1ccc(NC(=O)CN2CCCCCC2)cc1. The van der Waals surface area contributed by atoms with E-state index in [1.54, 1.807) is 24.3 Å². The molecule has 4 N–H and O–H groups in total. The average molecular weight is 348 g/mol. The number of carbonyl (C=O) groups is 2. The molecule has 0 aliphatic carbocycles. The number of hydrogen-bond acceptors (Lipinski definition) is 5. The number of methoxy groups -OCH3 is 1. The zero-order chi connectivity index (χ0) is 18.1. The van der Waals surface area contributed by atoms with E-state index in [0.717, 1.165) is 25.9 Å². The summed E-state index contributed by atoms with van der Waals surface area (Å²) in [5.74, 6) is -0.319. The van der Waals surface area contributed by atoms with Crippen LogP contribution in [0.25, 0.3) is 0 Å². The quantitative estimate of drug-likeness (QED) is 0.692. The predicted molar refractivity (Wildman–Crippen MR) is 98.5 cm³/mol. The summed E-state index contributed by atoms with van der Waals surface area (Å²) in [5.41, 5.74) is 7.01. The van der Waals surface area contributed by atoms with Crippen molar-refractivity contribution in [3.05, 3.63) is 24.3 Å². The van der Waals surface area contributed by atoms with Crippen molar-refractivity contribution in [3.63, 3.8) is 0 Å². The second-order valence-corrected chi connectivity index (χ2v) is 6.37. The Hall–Kier alpha value is -1.96. The summed E-state index contributed by atoms with van der Waals surface area (Å²) in [6.45, 7) is 2.56. The van der Waals surface area contributed by atoms with Gasteiger partial charge in [0.05, 0.1) is 13.2 Å². The van der Waals surface area contributed by atoms with E-state index in [9.17, 15) is 9.59 Å². The Morgan fingerprint density at radius 1 is 1.08 bits per heavy atom. The fourth-order valence-electron chi connectivity index (χ4n) is 2.82. The van der Waals surface area contributed by atoms with Crippen LogP contribution in [0.3, 0.4) is 0 Å². The largest absolute Gasteiger partial charge is 0.383 e. The van der Waals surface area contributed by atoms with Crippen LogP contribution in [0.5, 0.6) is 0 Å². The predicted octanol–water partition coefficient (Wildman–Crippen LogP) is 1.41. The Balaban J connectivity index is 1.81. The van der Waals surface area contributed by atoms with Gasteiger partial charge in [0.2, 0.25) is 11.8 Å². The van der Waals surface area contributed by atoms with Crippen molar-refractivity contribution in [1.82, 2.24) is 4.90 Å². The molecule has 1 fully saturated rings. The van der Waals surface area contributed by atoms with Gasteiger partial charge >= 0.3 is 0 Å². The first kappa shape index (κ1) is 19.4. The summed E-state index contributed by atoms with van der Waals surface area (Å²) >= 11 is 0. The smallest absolute Gasteiger partial charge is 0.243 e. The molecule has 2 amide bonds. The Morgan fingerprint density at radius 2 is 1.64 bits per heavy atom. The van der Waals surface area contributed by atoms with Crippen LogP contribution in [-0.4, -0.2) is 56.1 Å². The standard InChI is InChI=1S/C18H28N4O3/c1-25-13-16(19)18(24)21-15-8-6-14(7-9-15)20-17(23)12-22-10-4-2-3-5-11-22/h6-9,16H,2-5,10-13,19H2,1H3,(H,20,23)(H,21,24). The van der Waals surface area contributed by atoms with E-state index in [-0.39, 0.29) is 18.4 Å². The first-order valence-corrected chi connectivity index (χ1v) is 8.76. The van der Waals surface area contributed by atoms with E-state index in [1.165, 1.54) is 20.0 Å². The molecule has 2 rings (SSSR count). The van der Waals surface area contributed by atoms with Gasteiger partial charge in [0.1, 0.15) is 6.04 Å². The zero-order valence-corrected chi connectivity index (χ0v) is 14.8. The van der Waals surface area contributed by atoms with Gasteiger partial charge in [0, 0.05) is 18.5 Å². The van der Waals surface area contributed by atoms with E-state index in [0.29, 0.717) is 17.9 Å². The van der Waals surface area contributed by atoms with Gasteiger partial charge in [-0.25, -0.2) is 0 Å². The topological polar surface area (TPSA) is 96.7 Å². The van der Waals surface area contributed by atoms with Crippen LogP contribution in [0.2, 0.25) is 0 Å². The highest BCUT2D eigenvalue weighted by Gasteiger charge is 2.14. The molecule has 0 bridgehead atoms. The highest BCUT2D eigenvalue weighted by molar-refractivity contribution is 5.95. The Labute approximate surface area is 148 Å². The summed E-state index contributed by atoms with van der Waals surface area (Å²) in [6, 6.07) is 6.28. The Bertz CT molecular complexity index is 554. The number of amides is 2. The normalized spacial score (nSPS) is 16.7. The fraction of sp³-hybridized carbons (Fsp3) is 0.556. The third-order valence-corrected chi connectivity index (χ3v) is 4.19. The number of benzene rings is 1. The van der Waals surface area contributed by atoms with Crippen LogP contribution < -0.4 is 16.4 Å². The molecule has 1 aromatic rings. The molecule has 7 nitrogen and oxygen atoms in total. The van der Waals surface area contributed by atoms with E-state index < -0.39 is 6.04 Å². The lowest BCUT2D eigenvalue weighted by Gasteiger charge is -2.19. The fourth-order valence-corrected chi connectivity index (χ4v) is 2.82. The van der Waals surface area contributed by atoms with Gasteiger partial charge in [0.15, 0.2) is 0 Å². The molecule has 1 aliphatic heterocycles. The molecular formula is C18H28N4O3. The maximum atomic E-state index is 12.2. The van der Waals surface area contributed by atoms with Gasteiger partial charge in [-0.1, -0.05) is 12.8 Å². The third kappa shape index (κ3) is 6.81. The highest BCUT2D eigenvalue weighted by Crippen LogP contribution is 2.14. The summed E-state index contributed by atoms with van der Waals surface area (Å²) in [4.78, 5) is 26.2. The van der Waals surface area contributed by atoms with Crippen LogP contribution in [0, 0.1) is 0 Å². The Kier molecular flexibility index (Phi) is 7.84. The molecule has 0 radical (unpaired) electrons. The lowest BCUT2D eigenvalue weighted by molar-refractivity contribution is -0.118. The number of nitrogens with one attached hydrogen (secondary N) is 2. The number of anilines is 2. The number of likely N-dealkylation sites (tertiary alicyclic amines) is 1. The van der Waals surface area contributed by atoms with Crippen molar-refractivity contribution in [2.75, 3.05) is 44.0 Å². The molecule has 0 spiro atoms. The minimum absolute atomic E-state index is 0.0131. The molecule has 0 saturated carbocycles. The number of rotatable bonds is 7. The van der Waals surface area contributed by atoms with Crippen LogP contribution in [0.15, 0.2) is 24.3 Å². The molecule has 25 heavy (non-hydrogen) atoms. The number of nitrogens with two attached hydrogens (primary N) is 1. The van der Waals surface area contributed by atoms with Crippen molar-refractivity contribution >= 4 is 23.2 Å². The molecule has 1 aliphatic rings. The number of ether oxygens (including phenoxy) is 1. The highest BCUT2D eigenvalue weighted by atomic mass is 16.5. The van der Waals surface area contributed by atoms with E-state index >= 15 is 0 Å². The molecule has 1 unspecified atom stereocenters. The van der Waals surface area contributed by atoms with E-state index in [1.807, 2.05) is 0 Å². The maximum absolute atomic E-state index is 12.2. The van der Waals surface area contributed by atoms with Gasteiger partial charge in [-0.2, -0.15) is 0 Å². The monoisotopic (exact) mass is 348 g/mol. The molecule has 0 aromatic heterocycles. The summed E-state index contributed by atoms with van der Waals surface area (Å²) < 4.78 is 4.86. The second kappa shape index (κ2) is 10.1. The minimum Gasteiger partial charge on any atom is -0.383 e. The first-order chi connectivity index (χ1) is 12.1. The van der Waals surface area contributed by atoms with Crippen LogP contribution >= 0.6 is 0 Å². The summed E-state index contributed by atoms with van der Waals surface area (Å²) in [6.07, 6.45) is 4.82. The van der Waals surface area contributed by atoms with Crippen molar-refractivity contribution in [2.45, 2.75) is 31.7 Å². The van der Waals surface area contributed by atoms with Crippen LogP contribution in [-0.2, 0) is 14.3 Å². The second-order valence-electron chi connectivity index (χ2n) is 6.37. The first-order valence-electron chi connectivity index (χ1n) is 8.76. The number of hydrogen-bond donors (Lipinski definition) is 3. The molecular weight excluding hydrogens is 320 g/mol. The lowest BCUT2D eigenvalue weighted by Crippen LogP contribution is -2.39. The maximum Gasteiger partial charge on any atom is 0.243 e. The van der Waals surface area contributed by atoms with E-state index in [2.05, 4.69) is 15.5 Å². The number of nitrogens with zero attached hydrogens (tertiary/aromatic N) is 1. The Morgan fingerprint density at radius 3 is 2.20 bits per heavy atom. The zero-order valence-electron chi connectivity index (χ0n) is 14.8. The summed E-state index contributed by atoms with van der Waals surface area (Å²) in [5, 5.41) is 5.61. The molecule has 1 aromatic carbocycles. The lowest BCUT2D eigenvalue weighted by atomic mass is 10.2. The van der Waals surface area contributed by atoms with Gasteiger partial charge in [-0.15, -0.1) is 0 Å². The molecule has 1 heterocycles. The van der Waals surface area contributed by atoms with Gasteiger partial charge in [-0.3, -0.25) is 14.5 Å². The van der Waals surface area contributed by atoms with Crippen molar-refractivity contribution in [3.8, 4) is 0 Å². The third-order valence-electron chi connectivity index (χ3n) is 4.19. The van der Waals surface area contributed by atoms with Gasteiger partial charge in [0.25, 0.3) is 0 Å². The molecule has 1 saturated heterocycles. The minimum atomic E-state index is -0.710. The number of carbonyl (C=O) groups excluding carboxylic acids is 2. The van der Waals surface area contributed by atoms with Crippen molar-refractivity contribution < 1.29 is 14.3 Å². The van der Waals surface area contributed by atoms with Gasteiger partial charge in [-0.05, 0) is 50.2 Å². The summed E-state index contributed by atoms with van der Waals surface area (Å²) in [7, 11) is 1.50. The molecule has 1 atom stereocenters. The van der Waals surface area contributed by atoms with E-state index in [4.69, 9.17) is 10.5 Å². The molecule has 138 valence electrons. The molecule has 7 heteroatoms. The van der Waals surface area contributed by atoms with Crippen LogP contribution in [0.1, 0.15) is 25.7 Å².